The van der Waals surface area contributed by atoms with Crippen LogP contribution in [0.15, 0.2) is 0 Å². The molecule has 16 heteroatoms. The van der Waals surface area contributed by atoms with Gasteiger partial charge < -0.3 is 45.5 Å². The van der Waals surface area contributed by atoms with Crippen LogP contribution in [0.1, 0.15) is 51.2 Å². The molecule has 1 saturated heterocycles. The molecule has 1 rings (SSSR count). The second-order valence-electron chi connectivity index (χ2n) is 8.71. The molecule has 1 aliphatic rings. The smallest absolute Gasteiger partial charge is 0 e. The first-order valence-corrected chi connectivity index (χ1v) is 16.7. The largest absolute Gasteiger partial charge is 0 e. The van der Waals surface area contributed by atoms with Crippen molar-refractivity contribution < 1.29 is 55.5 Å². The van der Waals surface area contributed by atoms with E-state index in [0.29, 0.717) is 19.6 Å². The summed E-state index contributed by atoms with van der Waals surface area (Å²) in [5.74, 6) is -1.46. The Kier molecular flexibility index (Phi) is 25.6. The Morgan fingerprint density at radius 2 is 0.976 bits per heavy atom. The van der Waals surface area contributed by atoms with Gasteiger partial charge in [-0.05, 0) is 0 Å². The number of hydrogen-bond acceptors (Lipinski definition) is 8. The van der Waals surface area contributed by atoms with Gasteiger partial charge in [0.15, 0.2) is 0 Å². The number of ether oxygens (including phenoxy) is 4. The van der Waals surface area contributed by atoms with E-state index in [-0.39, 0.29) is 101 Å². The first-order valence-electron chi connectivity index (χ1n) is 13.5. The number of carbonyl (C=O) groups excluding carboxylic acids is 4. The summed E-state index contributed by atoms with van der Waals surface area (Å²) in [7, 11) is 9.59. The van der Waals surface area contributed by atoms with Gasteiger partial charge in [0.25, 0.3) is 0 Å². The standard InChI is InChI=1S/C25H42N5O8.2ClH.Mn.3H2/c1-5-23(32)36-15-19-10-26-8-9-27-20(16-37-24(33)6-2)11-29-21(14-35-18(4)31)12-30-22(13-28-19)17-38-25(34)7-3;;;;;;/h19-22H,5-17H2,1-4H3;2*1H;;3*1H/q-5;;;+2;;;/p-2/t19-,20+,21-,22+;;;;;;/m0....../s1. The van der Waals surface area contributed by atoms with E-state index in [1.807, 2.05) is 0 Å². The van der Waals surface area contributed by atoms with Crippen molar-refractivity contribution in [3.63, 3.8) is 0 Å². The molecule has 0 aromatic carbocycles. The molecule has 0 aromatic rings. The van der Waals surface area contributed by atoms with Crippen LogP contribution in [-0.2, 0) is 51.3 Å². The van der Waals surface area contributed by atoms with Crippen molar-refractivity contribution in [1.29, 1.82) is 0 Å². The Hall–Kier alpha value is -1.22. The second-order valence-corrected chi connectivity index (χ2v) is 10.7. The molecule has 1 fully saturated rings. The molecule has 0 spiro atoms. The van der Waals surface area contributed by atoms with Gasteiger partial charge in [-0.3, -0.25) is 19.2 Å². The number of halogens is 2. The fourth-order valence-electron chi connectivity index (χ4n) is 3.10. The Bertz CT molecular complexity index is 760. The third-order valence-electron chi connectivity index (χ3n) is 5.36. The van der Waals surface area contributed by atoms with Crippen molar-refractivity contribution >= 4 is 44.1 Å². The van der Waals surface area contributed by atoms with Crippen LogP contribution in [0.4, 0.5) is 0 Å². The van der Waals surface area contributed by atoms with Crippen LogP contribution >= 0.6 is 20.2 Å². The predicted octanol–water partition coefficient (Wildman–Crippen LogP) is 4.88. The summed E-state index contributed by atoms with van der Waals surface area (Å²) in [5.41, 5.74) is 0. The topological polar surface area (TPSA) is 176 Å². The predicted molar refractivity (Wildman–Crippen MR) is 160 cm³/mol. The average molecular weight is 673 g/mol. The summed E-state index contributed by atoms with van der Waals surface area (Å²) in [4.78, 5) is 46.5. The summed E-state index contributed by atoms with van der Waals surface area (Å²) < 4.78 is 21.0. The molecular formula is C25H48Cl2MnN5O8-5. The van der Waals surface area contributed by atoms with Crippen molar-refractivity contribution in [1.82, 2.24) is 0 Å². The van der Waals surface area contributed by atoms with Gasteiger partial charge in [0.2, 0.25) is 0 Å². The van der Waals surface area contributed by atoms with Crippen molar-refractivity contribution in [2.45, 2.75) is 71.1 Å². The fourth-order valence-corrected chi connectivity index (χ4v) is 3.10. The molecule has 0 saturated carbocycles. The Balaban J connectivity index is -0.00000128. The van der Waals surface area contributed by atoms with Gasteiger partial charge in [-0.1, -0.05) is 20.8 Å². The minimum atomic E-state index is -0.473. The number of hydrogen-bond donors (Lipinski definition) is 0. The van der Waals surface area contributed by atoms with Gasteiger partial charge in [-0.15, -0.1) is 24.2 Å². The van der Waals surface area contributed by atoms with E-state index in [4.69, 9.17) is 39.1 Å². The van der Waals surface area contributed by atoms with Crippen LogP contribution in [0, 0.1) is 0 Å². The van der Waals surface area contributed by atoms with Crippen LogP contribution < -0.4 is 0 Å². The summed E-state index contributed by atoms with van der Waals surface area (Å²) >= 11 is 0.00694. The van der Waals surface area contributed by atoms with Crippen LogP contribution in [0.5, 0.6) is 0 Å². The van der Waals surface area contributed by atoms with Crippen LogP contribution in [-0.4, -0.2) is 114 Å². The van der Waals surface area contributed by atoms with Gasteiger partial charge in [0.1, 0.15) is 0 Å². The van der Waals surface area contributed by atoms with E-state index in [2.05, 4.69) is 26.6 Å². The van der Waals surface area contributed by atoms with Crippen LogP contribution in [0.2, 0.25) is 0 Å². The van der Waals surface area contributed by atoms with E-state index in [1.165, 1.54) is 6.92 Å². The number of nitrogens with zero attached hydrogens (tertiary/aromatic N) is 5. The van der Waals surface area contributed by atoms with Crippen LogP contribution in [0.3, 0.4) is 0 Å². The molecule has 4 atom stereocenters. The minimum Gasteiger partial charge on any atom is 0 e. The molecule has 0 aliphatic carbocycles. The number of rotatable bonds is 11. The zero-order chi connectivity index (χ0) is 30.9. The molecule has 13 nitrogen and oxygen atoms in total. The summed E-state index contributed by atoms with van der Waals surface area (Å²) in [6.07, 6.45) is 0.742. The molecule has 0 aromatic heterocycles. The van der Waals surface area contributed by atoms with E-state index < -0.39 is 30.1 Å². The molecule has 0 N–H and O–H groups in total. The minimum absolute atomic E-state index is 0. The zero-order valence-corrected chi connectivity index (χ0v) is 26.8. The molecule has 0 bridgehead atoms. The van der Waals surface area contributed by atoms with Crippen LogP contribution in [0.25, 0.3) is 26.6 Å². The van der Waals surface area contributed by atoms with Gasteiger partial charge in [-0.2, -0.15) is 39.3 Å². The molecule has 0 radical (unpaired) electrons. The number of carbonyl (C=O) groups is 4. The molecule has 1 aliphatic heterocycles. The number of esters is 4. The van der Waals surface area contributed by atoms with Gasteiger partial charge >= 0.3 is 57.2 Å². The first-order chi connectivity index (χ1) is 19.7. The Labute approximate surface area is 262 Å². The van der Waals surface area contributed by atoms with Crippen molar-refractivity contribution in [3.05, 3.63) is 26.6 Å². The maximum atomic E-state index is 11.7. The van der Waals surface area contributed by atoms with E-state index >= 15 is 0 Å². The SMILES string of the molecule is CCC(=O)OC[C@H]1C[N-][C@H](COC(C)=O)C[N-][C@@H](COC(=O)CC)C[N-][C@H](COC(=O)CC)C[N-]CC[N-]1.[Cl][Mn][Cl].[HH].[HH].[HH]. The maximum Gasteiger partial charge on any atom is 0 e. The third-order valence-corrected chi connectivity index (χ3v) is 5.36. The normalized spacial score (nSPS) is 22.5. The molecule has 247 valence electrons. The van der Waals surface area contributed by atoms with E-state index in [1.54, 1.807) is 20.8 Å². The van der Waals surface area contributed by atoms with E-state index in [9.17, 15) is 19.2 Å². The van der Waals surface area contributed by atoms with Gasteiger partial charge in [-0.25, -0.2) is 0 Å². The summed E-state index contributed by atoms with van der Waals surface area (Å²) in [5, 5.41) is 23.0. The molecule has 0 unspecified atom stereocenters. The molecule has 1 heterocycles. The average Bonchev–Trinajstić information content (AvgIpc) is 2.97. The van der Waals surface area contributed by atoms with Crippen molar-refractivity contribution in [2.24, 2.45) is 0 Å². The van der Waals surface area contributed by atoms with Crippen molar-refractivity contribution in [3.8, 4) is 0 Å². The summed E-state index contributed by atoms with van der Waals surface area (Å²) in [6, 6.07) is -1.73. The second kappa shape index (κ2) is 26.4. The Morgan fingerprint density at radius 3 is 1.34 bits per heavy atom. The third kappa shape index (κ3) is 23.0. The molecule has 41 heavy (non-hydrogen) atoms. The fraction of sp³-hybridized carbons (Fsp3) is 0.840. The molecular weight excluding hydrogens is 624 g/mol. The summed E-state index contributed by atoms with van der Waals surface area (Å²) in [6.45, 7) is 8.42. The van der Waals surface area contributed by atoms with Crippen molar-refractivity contribution in [2.75, 3.05) is 65.7 Å². The zero-order valence-electron chi connectivity index (χ0n) is 24.1. The monoisotopic (exact) mass is 671 g/mol. The van der Waals surface area contributed by atoms with Gasteiger partial charge in [0, 0.05) is 30.5 Å². The van der Waals surface area contributed by atoms with E-state index in [0.717, 1.165) is 0 Å². The molecule has 0 amide bonds. The first kappa shape index (κ1) is 39.8. The quantitative estimate of drug-likeness (QED) is 0.169. The van der Waals surface area contributed by atoms with Gasteiger partial charge in [0.05, 0.1) is 26.4 Å². The maximum absolute atomic E-state index is 11.7. The Morgan fingerprint density at radius 1 is 0.634 bits per heavy atom.